The highest BCUT2D eigenvalue weighted by Gasteiger charge is 2.69. The summed E-state index contributed by atoms with van der Waals surface area (Å²) in [7, 11) is -4.55. The van der Waals surface area contributed by atoms with Gasteiger partial charge in [0.25, 0.3) is 0 Å². The average Bonchev–Trinajstić information content (AvgIpc) is 3.86. The number of aliphatic hydroxyl groups excluding tert-OH is 1. The zero-order valence-corrected chi connectivity index (χ0v) is 42.1. The molecule has 2 unspecified atom stereocenters. The van der Waals surface area contributed by atoms with E-state index in [9.17, 15) is 9.90 Å². The van der Waals surface area contributed by atoms with E-state index < -0.39 is 40.4 Å². The molecule has 1 fully saturated rings. The lowest BCUT2D eigenvalue weighted by Crippen LogP contribution is -2.53. The Kier molecular flexibility index (Phi) is 18.0. The summed E-state index contributed by atoms with van der Waals surface area (Å²) >= 11 is 2.38. The van der Waals surface area contributed by atoms with Crippen LogP contribution in [0.5, 0.6) is 11.5 Å². The molecule has 0 saturated carbocycles. The molecular weight excluding hydrogens is 864 g/mol. The van der Waals surface area contributed by atoms with Crippen LogP contribution < -0.4 is 9.47 Å². The van der Waals surface area contributed by atoms with Crippen molar-refractivity contribution in [1.29, 1.82) is 0 Å². The summed E-state index contributed by atoms with van der Waals surface area (Å²) in [6.45, 7) is 33.8. The first-order valence-electron chi connectivity index (χ1n) is 21.1. The van der Waals surface area contributed by atoms with Crippen LogP contribution >= 0.6 is 22.6 Å². The number of aliphatic hydroxyl groups is 1. The lowest BCUT2D eigenvalue weighted by molar-refractivity contribution is -0.154. The molecule has 0 radical (unpaired) electrons. The third-order valence-corrected chi connectivity index (χ3v) is 21.8. The van der Waals surface area contributed by atoms with Crippen molar-refractivity contribution in [2.24, 2.45) is 5.92 Å². The number of halogens is 1. The van der Waals surface area contributed by atoms with E-state index in [1.165, 1.54) is 0 Å². The second-order valence-corrected chi connectivity index (χ2v) is 29.8. The Balaban J connectivity index is 2.05. The van der Waals surface area contributed by atoms with Crippen molar-refractivity contribution in [2.75, 3.05) is 13.2 Å². The highest BCUT2D eigenvalue weighted by molar-refractivity contribution is 14.1. The molecule has 1 aliphatic heterocycles. The molecule has 0 bridgehead atoms. The van der Waals surface area contributed by atoms with Crippen molar-refractivity contribution in [2.45, 2.75) is 182 Å². The van der Waals surface area contributed by atoms with E-state index in [1.54, 1.807) is 6.92 Å². The zero-order valence-electron chi connectivity index (χ0n) is 37.9. The molecule has 1 aliphatic rings. The number of carbonyl (C=O) groups is 1. The molecule has 1 saturated heterocycles. The summed E-state index contributed by atoms with van der Waals surface area (Å²) in [5.41, 5.74) is 2.76. The molecule has 57 heavy (non-hydrogen) atoms. The Morgan fingerprint density at radius 1 is 0.947 bits per heavy atom. The maximum absolute atomic E-state index is 13.6. The normalized spacial score (nSPS) is 19.1. The van der Waals surface area contributed by atoms with Crippen LogP contribution in [-0.4, -0.2) is 64.8 Å². The van der Waals surface area contributed by atoms with Gasteiger partial charge >= 0.3 is 5.97 Å². The average molecular weight is 939 g/mol. The molecule has 8 nitrogen and oxygen atoms in total. The Morgan fingerprint density at radius 3 is 2.11 bits per heavy atom. The van der Waals surface area contributed by atoms with Gasteiger partial charge in [0.05, 0.1) is 34.6 Å². The molecule has 0 amide bonds. The van der Waals surface area contributed by atoms with Gasteiger partial charge in [0.1, 0.15) is 30.8 Å². The van der Waals surface area contributed by atoms with Gasteiger partial charge in [-0.25, -0.2) is 4.79 Å². The van der Waals surface area contributed by atoms with E-state index >= 15 is 0 Å². The van der Waals surface area contributed by atoms with E-state index in [0.717, 1.165) is 50.2 Å². The summed E-state index contributed by atoms with van der Waals surface area (Å²) in [5.74, 6) is 1.57. The minimum Gasteiger partial charge on any atom is -0.488 e. The van der Waals surface area contributed by atoms with Crippen LogP contribution in [0.1, 0.15) is 119 Å². The summed E-state index contributed by atoms with van der Waals surface area (Å²) < 4.78 is 40.1. The van der Waals surface area contributed by atoms with Crippen LogP contribution in [0, 0.1) is 9.49 Å². The lowest BCUT2D eigenvalue weighted by Gasteiger charge is -2.41. The van der Waals surface area contributed by atoms with Crippen LogP contribution in [0.3, 0.4) is 0 Å². The van der Waals surface area contributed by atoms with Gasteiger partial charge in [0.15, 0.2) is 16.6 Å². The molecule has 1 N–H and O–H groups in total. The SMILES string of the molecule is CCCC(=CCOc1c(I)cc(CC(C)C)c(OCc2ccccc2)c1CO[Si](C)(C)C(C)(C)C)C(O)C[C@@H](O[Si](C)(C)C(C)(C)C)C1(C(=O)OCC)O[C@H]1CC. The molecule has 11 heteroatoms. The third-order valence-electron chi connectivity index (χ3n) is 12.0. The fraction of sp³-hybridized carbons (Fsp3) is 0.674. The molecule has 3 rings (SSSR count). The monoisotopic (exact) mass is 938 g/mol. The van der Waals surface area contributed by atoms with E-state index in [0.29, 0.717) is 32.0 Å². The van der Waals surface area contributed by atoms with E-state index in [4.69, 9.17) is 27.8 Å². The molecule has 2 aromatic rings. The summed E-state index contributed by atoms with van der Waals surface area (Å²) in [5, 5.41) is 11.9. The topological polar surface area (TPSA) is 96.0 Å². The van der Waals surface area contributed by atoms with Crippen molar-refractivity contribution in [1.82, 2.24) is 0 Å². The molecular formula is C46H75IO8Si2. The van der Waals surface area contributed by atoms with Gasteiger partial charge in [-0.15, -0.1) is 0 Å². The largest absolute Gasteiger partial charge is 0.488 e. The van der Waals surface area contributed by atoms with Crippen LogP contribution in [0.2, 0.25) is 36.3 Å². The third kappa shape index (κ3) is 12.9. The number of ether oxygens (including phenoxy) is 4. The van der Waals surface area contributed by atoms with Gasteiger partial charge in [0.2, 0.25) is 5.60 Å². The lowest BCUT2D eigenvalue weighted by atomic mass is 9.89. The number of carbonyl (C=O) groups excluding carboxylic acids is 1. The fourth-order valence-electron chi connectivity index (χ4n) is 6.53. The second-order valence-electron chi connectivity index (χ2n) is 19.1. The number of hydrogen-bond acceptors (Lipinski definition) is 8. The minimum atomic E-state index is -2.40. The predicted molar refractivity (Wildman–Crippen MR) is 246 cm³/mol. The Morgan fingerprint density at radius 2 is 1.58 bits per heavy atom. The fourth-order valence-corrected chi connectivity index (χ4v) is 9.66. The standard InChI is InChI=1S/C46H75IO8Si2/c1-16-22-34(38(48)29-40(55-57(14,15)45(9,10)11)46(39(17-2)54-46)43(49)50-18-3)25-26-51-42-36(31-53-56(12,13)44(6,7)8)41(35(27-32(4)5)28-37(42)47)52-30-33-23-20-19-21-24-33/h19-21,23-25,28,32,38-40,48H,16-18,22,26-27,29-31H2,1-15H3/t38?,39-,40+,46?/m0/s1. The molecule has 1 heterocycles. The number of epoxide rings is 1. The molecule has 2 aromatic carbocycles. The zero-order chi connectivity index (χ0) is 43.0. The van der Waals surface area contributed by atoms with Gasteiger partial charge in [0, 0.05) is 6.42 Å². The van der Waals surface area contributed by atoms with Crippen molar-refractivity contribution in [3.8, 4) is 11.5 Å². The Labute approximate surface area is 361 Å². The van der Waals surface area contributed by atoms with Crippen molar-refractivity contribution in [3.05, 3.63) is 68.3 Å². The van der Waals surface area contributed by atoms with Crippen molar-refractivity contribution >= 4 is 45.2 Å². The van der Waals surface area contributed by atoms with E-state index in [1.807, 2.05) is 31.2 Å². The number of rotatable bonds is 22. The second kappa shape index (κ2) is 20.7. The van der Waals surface area contributed by atoms with Crippen LogP contribution in [-0.2, 0) is 42.8 Å². The van der Waals surface area contributed by atoms with Crippen molar-refractivity contribution < 1.29 is 37.7 Å². The first-order chi connectivity index (χ1) is 26.4. The predicted octanol–water partition coefficient (Wildman–Crippen LogP) is 11.9. The quantitative estimate of drug-likeness (QED) is 0.0410. The maximum atomic E-state index is 13.6. The van der Waals surface area contributed by atoms with Gasteiger partial charge in [-0.1, -0.05) is 106 Å². The smallest absolute Gasteiger partial charge is 0.343 e. The van der Waals surface area contributed by atoms with E-state index in [2.05, 4.69) is 129 Å². The summed E-state index contributed by atoms with van der Waals surface area (Å²) in [6.07, 6.45) is 3.33. The van der Waals surface area contributed by atoms with E-state index in [-0.39, 0.29) is 35.8 Å². The van der Waals surface area contributed by atoms with Crippen LogP contribution in [0.4, 0.5) is 0 Å². The number of hydrogen-bond donors (Lipinski definition) is 1. The molecule has 0 aliphatic carbocycles. The highest BCUT2D eigenvalue weighted by Crippen LogP contribution is 2.49. The van der Waals surface area contributed by atoms with Gasteiger partial charge in [-0.2, -0.15) is 0 Å². The van der Waals surface area contributed by atoms with Gasteiger partial charge in [-0.05, 0) is 120 Å². The molecule has 0 spiro atoms. The molecule has 322 valence electrons. The first kappa shape index (κ1) is 49.6. The number of benzene rings is 2. The Hall–Kier alpha value is -1.75. The van der Waals surface area contributed by atoms with Gasteiger partial charge in [-0.3, -0.25) is 0 Å². The van der Waals surface area contributed by atoms with Crippen LogP contribution in [0.25, 0.3) is 0 Å². The molecule has 4 atom stereocenters. The van der Waals surface area contributed by atoms with Crippen molar-refractivity contribution in [3.63, 3.8) is 0 Å². The van der Waals surface area contributed by atoms with Gasteiger partial charge < -0.3 is 32.9 Å². The van der Waals surface area contributed by atoms with Crippen LogP contribution in [0.15, 0.2) is 48.0 Å². The number of esters is 1. The minimum absolute atomic E-state index is 0.0242. The molecule has 0 aromatic heterocycles. The first-order valence-corrected chi connectivity index (χ1v) is 28.0. The summed E-state index contributed by atoms with van der Waals surface area (Å²) in [6, 6.07) is 12.4. The maximum Gasteiger partial charge on any atom is 0.343 e. The Bertz CT molecular complexity index is 1630. The summed E-state index contributed by atoms with van der Waals surface area (Å²) in [4.78, 5) is 13.6. The highest BCUT2D eigenvalue weighted by atomic mass is 127.